The number of benzene rings is 3. The van der Waals surface area contributed by atoms with Crippen molar-refractivity contribution in [3.05, 3.63) is 101 Å². The number of anilines is 1. The van der Waals surface area contributed by atoms with E-state index in [9.17, 15) is 18.8 Å². The van der Waals surface area contributed by atoms with Gasteiger partial charge in [-0.3, -0.25) is 14.4 Å². The summed E-state index contributed by atoms with van der Waals surface area (Å²) >= 11 is 0. The first-order chi connectivity index (χ1) is 16.9. The molecule has 2 atom stereocenters. The summed E-state index contributed by atoms with van der Waals surface area (Å²) in [5.74, 6) is -2.23. The van der Waals surface area contributed by atoms with E-state index in [2.05, 4.69) is 5.32 Å². The first kappa shape index (κ1) is 24.1. The maximum absolute atomic E-state index is 13.2. The number of carbonyl (C=O) groups is 3. The topological polar surface area (TPSA) is 75.7 Å². The number of amides is 2. The Kier molecular flexibility index (Phi) is 7.55. The van der Waals surface area contributed by atoms with Crippen molar-refractivity contribution in [2.24, 2.45) is 5.92 Å². The number of rotatable bonds is 6. The van der Waals surface area contributed by atoms with Crippen LogP contribution in [0.15, 0.2) is 78.9 Å². The molecule has 180 valence electrons. The normalized spacial score (nSPS) is 16.3. The second-order valence-electron chi connectivity index (χ2n) is 8.68. The molecule has 35 heavy (non-hydrogen) atoms. The Morgan fingerprint density at radius 2 is 1.66 bits per heavy atom. The average Bonchev–Trinajstić information content (AvgIpc) is 2.89. The molecular weight excluding hydrogens is 447 g/mol. The molecule has 1 heterocycles. The number of ether oxygens (including phenoxy) is 1. The van der Waals surface area contributed by atoms with E-state index in [4.69, 9.17) is 4.74 Å². The number of hydrogen-bond donors (Lipinski definition) is 1. The highest BCUT2D eigenvalue weighted by molar-refractivity contribution is 5.96. The number of aryl methyl sites for hydroxylation is 1. The third-order valence-electron chi connectivity index (χ3n) is 6.03. The van der Waals surface area contributed by atoms with Gasteiger partial charge in [0.1, 0.15) is 5.82 Å². The summed E-state index contributed by atoms with van der Waals surface area (Å²) in [5.41, 5.74) is 2.58. The minimum Gasteiger partial charge on any atom is -0.447 e. The van der Waals surface area contributed by atoms with Crippen LogP contribution in [0, 0.1) is 18.7 Å². The van der Waals surface area contributed by atoms with Crippen molar-refractivity contribution in [2.75, 3.05) is 18.4 Å². The van der Waals surface area contributed by atoms with Gasteiger partial charge in [0, 0.05) is 29.9 Å². The first-order valence-electron chi connectivity index (χ1n) is 11.6. The summed E-state index contributed by atoms with van der Waals surface area (Å²) in [7, 11) is 0. The van der Waals surface area contributed by atoms with Gasteiger partial charge in [-0.15, -0.1) is 0 Å². The van der Waals surface area contributed by atoms with E-state index < -0.39 is 29.7 Å². The fourth-order valence-electron chi connectivity index (χ4n) is 4.09. The van der Waals surface area contributed by atoms with Gasteiger partial charge >= 0.3 is 5.97 Å². The Morgan fingerprint density at radius 3 is 2.34 bits per heavy atom. The minimum absolute atomic E-state index is 0.177. The van der Waals surface area contributed by atoms with Gasteiger partial charge in [-0.1, -0.05) is 48.0 Å². The van der Waals surface area contributed by atoms with Gasteiger partial charge in [-0.05, 0) is 56.2 Å². The van der Waals surface area contributed by atoms with Crippen molar-refractivity contribution in [3.63, 3.8) is 0 Å². The molecular formula is C28H27FN2O4. The molecule has 1 aliphatic rings. The molecule has 1 saturated heterocycles. The molecule has 0 aliphatic carbocycles. The second kappa shape index (κ2) is 11.0. The number of likely N-dealkylation sites (tertiary alicyclic amines) is 1. The SMILES string of the molecule is Cc1ccc(NC(=O)C(OC(=O)C2CCCN(C(=O)c3ccc(F)cc3)C2)c2ccccc2)cc1. The monoisotopic (exact) mass is 474 g/mol. The predicted octanol–water partition coefficient (Wildman–Crippen LogP) is 4.91. The van der Waals surface area contributed by atoms with Gasteiger partial charge in [-0.2, -0.15) is 0 Å². The lowest BCUT2D eigenvalue weighted by molar-refractivity contribution is -0.160. The van der Waals surface area contributed by atoms with Crippen LogP contribution < -0.4 is 5.32 Å². The van der Waals surface area contributed by atoms with Crippen LogP contribution in [0.2, 0.25) is 0 Å². The Balaban J connectivity index is 1.46. The molecule has 3 aromatic carbocycles. The lowest BCUT2D eigenvalue weighted by atomic mass is 9.97. The maximum atomic E-state index is 13.2. The summed E-state index contributed by atoms with van der Waals surface area (Å²) in [5, 5.41) is 2.82. The van der Waals surface area contributed by atoms with Crippen LogP contribution in [0.25, 0.3) is 0 Å². The van der Waals surface area contributed by atoms with Crippen LogP contribution in [0.4, 0.5) is 10.1 Å². The highest BCUT2D eigenvalue weighted by Crippen LogP contribution is 2.26. The maximum Gasteiger partial charge on any atom is 0.311 e. The Morgan fingerprint density at radius 1 is 0.971 bits per heavy atom. The van der Waals surface area contributed by atoms with Crippen molar-refractivity contribution < 1.29 is 23.5 Å². The molecule has 0 bridgehead atoms. The van der Waals surface area contributed by atoms with E-state index in [1.807, 2.05) is 25.1 Å². The standard InChI is InChI=1S/C28H27FN2O4/c1-19-9-15-24(16-10-19)30-26(32)25(20-6-3-2-4-7-20)35-28(34)22-8-5-17-31(18-22)27(33)21-11-13-23(29)14-12-21/h2-4,6-7,9-16,22,25H,5,8,17-18H2,1H3,(H,30,32). The smallest absolute Gasteiger partial charge is 0.311 e. The quantitative estimate of drug-likeness (QED) is 0.515. The van der Waals surface area contributed by atoms with Gasteiger partial charge in [0.15, 0.2) is 0 Å². The number of carbonyl (C=O) groups excluding carboxylic acids is 3. The van der Waals surface area contributed by atoms with Gasteiger partial charge in [0.2, 0.25) is 6.10 Å². The second-order valence-corrected chi connectivity index (χ2v) is 8.68. The average molecular weight is 475 g/mol. The number of halogens is 1. The molecule has 1 N–H and O–H groups in total. The van der Waals surface area contributed by atoms with Crippen molar-refractivity contribution in [1.82, 2.24) is 4.90 Å². The predicted molar refractivity (Wildman–Crippen MR) is 130 cm³/mol. The van der Waals surface area contributed by atoms with Crippen LogP contribution in [0.1, 0.15) is 40.4 Å². The molecule has 3 aromatic rings. The molecule has 0 saturated carbocycles. The number of esters is 1. The lowest BCUT2D eigenvalue weighted by Crippen LogP contribution is -2.43. The first-order valence-corrected chi connectivity index (χ1v) is 11.6. The summed E-state index contributed by atoms with van der Waals surface area (Å²) in [6, 6.07) is 21.5. The van der Waals surface area contributed by atoms with Crippen molar-refractivity contribution in [2.45, 2.75) is 25.9 Å². The summed E-state index contributed by atoms with van der Waals surface area (Å²) in [6.07, 6.45) is 0.0407. The van der Waals surface area contributed by atoms with Crippen molar-refractivity contribution >= 4 is 23.5 Å². The molecule has 6 nitrogen and oxygen atoms in total. The highest BCUT2D eigenvalue weighted by Gasteiger charge is 2.33. The molecule has 2 unspecified atom stereocenters. The summed E-state index contributed by atoms with van der Waals surface area (Å²) in [4.78, 5) is 40.7. The molecule has 1 fully saturated rings. The molecule has 4 rings (SSSR count). The molecule has 0 spiro atoms. The largest absolute Gasteiger partial charge is 0.447 e. The van der Waals surface area contributed by atoms with Crippen LogP contribution in [0.5, 0.6) is 0 Å². The van der Waals surface area contributed by atoms with Crippen molar-refractivity contribution in [3.8, 4) is 0 Å². The zero-order chi connectivity index (χ0) is 24.8. The molecule has 1 aliphatic heterocycles. The van der Waals surface area contributed by atoms with Gasteiger partial charge in [0.25, 0.3) is 11.8 Å². The lowest BCUT2D eigenvalue weighted by Gasteiger charge is -2.32. The van der Waals surface area contributed by atoms with E-state index >= 15 is 0 Å². The Hall–Kier alpha value is -4.00. The highest BCUT2D eigenvalue weighted by atomic mass is 19.1. The van der Waals surface area contributed by atoms with E-state index in [0.717, 1.165) is 5.56 Å². The molecule has 0 aromatic heterocycles. The fraction of sp³-hybridized carbons (Fsp3) is 0.250. The van der Waals surface area contributed by atoms with E-state index in [1.165, 1.54) is 24.3 Å². The number of nitrogens with zero attached hydrogens (tertiary/aromatic N) is 1. The Labute approximate surface area is 203 Å². The number of nitrogens with one attached hydrogen (secondary N) is 1. The van der Waals surface area contributed by atoms with Gasteiger partial charge < -0.3 is 15.0 Å². The third kappa shape index (κ3) is 6.12. The number of hydrogen-bond acceptors (Lipinski definition) is 4. The minimum atomic E-state index is -1.13. The summed E-state index contributed by atoms with van der Waals surface area (Å²) < 4.78 is 19.0. The van der Waals surface area contributed by atoms with Crippen molar-refractivity contribution in [1.29, 1.82) is 0 Å². The van der Waals surface area contributed by atoms with E-state index in [1.54, 1.807) is 41.3 Å². The zero-order valence-corrected chi connectivity index (χ0v) is 19.4. The molecule has 0 radical (unpaired) electrons. The van der Waals surface area contributed by atoms with Gasteiger partial charge in [-0.25, -0.2) is 4.39 Å². The van der Waals surface area contributed by atoms with Crippen LogP contribution in [-0.4, -0.2) is 35.8 Å². The van der Waals surface area contributed by atoms with E-state index in [-0.39, 0.29) is 12.5 Å². The Bertz CT molecular complexity index is 1180. The van der Waals surface area contributed by atoms with Crippen LogP contribution in [0.3, 0.4) is 0 Å². The van der Waals surface area contributed by atoms with Crippen LogP contribution >= 0.6 is 0 Å². The zero-order valence-electron chi connectivity index (χ0n) is 19.4. The molecule has 2 amide bonds. The van der Waals surface area contributed by atoms with Crippen LogP contribution in [-0.2, 0) is 14.3 Å². The van der Waals surface area contributed by atoms with Gasteiger partial charge in [0.05, 0.1) is 5.92 Å². The fourth-order valence-corrected chi connectivity index (χ4v) is 4.09. The summed E-state index contributed by atoms with van der Waals surface area (Å²) in [6.45, 7) is 2.63. The molecule has 7 heteroatoms. The van der Waals surface area contributed by atoms with E-state index in [0.29, 0.717) is 36.2 Å². The number of piperidine rings is 1. The third-order valence-corrected chi connectivity index (χ3v) is 6.03.